The van der Waals surface area contributed by atoms with Gasteiger partial charge < -0.3 is 33.3 Å². The van der Waals surface area contributed by atoms with Crippen LogP contribution < -0.4 is 5.11 Å². The number of esters is 2. The third-order valence-corrected chi connectivity index (χ3v) is 13.1. The van der Waals surface area contributed by atoms with Gasteiger partial charge in [0.15, 0.2) is 12.4 Å². The summed E-state index contributed by atoms with van der Waals surface area (Å²) in [5.74, 6) is -2.35. The molecule has 0 bridgehead atoms. The molecule has 0 spiro atoms. The molecule has 81 heavy (non-hydrogen) atoms. The van der Waals surface area contributed by atoms with Crippen molar-refractivity contribution in [3.8, 4) is 0 Å². The number of carbonyl (C=O) groups excluding carboxylic acids is 3. The lowest BCUT2D eigenvalue weighted by molar-refractivity contribution is -0.870. The lowest BCUT2D eigenvalue weighted by atomic mass is 10.0. The summed E-state index contributed by atoms with van der Waals surface area (Å²) in [6.45, 7) is 4.58. The molecule has 0 aliphatic heterocycles. The molecule has 9 heteroatoms. The third-order valence-electron chi connectivity index (χ3n) is 13.1. The molecule has 0 aliphatic carbocycles. The molecule has 0 aromatic carbocycles. The number of unbranched alkanes of at least 4 members (excludes halogenated alkanes) is 18. The van der Waals surface area contributed by atoms with Crippen LogP contribution in [-0.4, -0.2) is 82.3 Å². The Balaban J connectivity index is 4.29. The minimum absolute atomic E-state index is 0.133. The highest BCUT2D eigenvalue weighted by molar-refractivity contribution is 5.70. The molecule has 0 heterocycles. The van der Waals surface area contributed by atoms with Crippen molar-refractivity contribution in [3.05, 3.63) is 146 Å². The maximum atomic E-state index is 12.9. The Morgan fingerprint density at radius 2 is 0.704 bits per heavy atom. The first-order chi connectivity index (χ1) is 39.6. The van der Waals surface area contributed by atoms with Crippen LogP contribution in [0.15, 0.2) is 146 Å². The molecule has 0 fully saturated rings. The zero-order valence-corrected chi connectivity index (χ0v) is 52.1. The molecule has 9 nitrogen and oxygen atoms in total. The molecule has 0 N–H and O–H groups in total. The Morgan fingerprint density at radius 3 is 1.05 bits per heavy atom. The second-order valence-electron chi connectivity index (χ2n) is 22.0. The van der Waals surface area contributed by atoms with Crippen molar-refractivity contribution in [1.29, 1.82) is 0 Å². The van der Waals surface area contributed by atoms with E-state index in [2.05, 4.69) is 160 Å². The predicted molar refractivity (Wildman–Crippen MR) is 342 cm³/mol. The highest BCUT2D eigenvalue weighted by Gasteiger charge is 2.22. The van der Waals surface area contributed by atoms with E-state index in [1.165, 1.54) is 89.9 Å². The number of hydrogen-bond donors (Lipinski definition) is 0. The zero-order valence-electron chi connectivity index (χ0n) is 52.1. The van der Waals surface area contributed by atoms with Gasteiger partial charge in [-0.3, -0.25) is 9.59 Å². The molecule has 458 valence electrons. The fourth-order valence-electron chi connectivity index (χ4n) is 8.22. The molecule has 0 saturated heterocycles. The number of hydrogen-bond acceptors (Lipinski definition) is 8. The minimum atomic E-state index is -1.64. The van der Waals surface area contributed by atoms with Crippen LogP contribution in [0.25, 0.3) is 0 Å². The summed E-state index contributed by atoms with van der Waals surface area (Å²) in [5, 5.41) is 11.8. The van der Waals surface area contributed by atoms with Crippen LogP contribution in [0.2, 0.25) is 0 Å². The Hall–Kier alpha value is -4.83. The van der Waals surface area contributed by atoms with Crippen LogP contribution in [0.4, 0.5) is 0 Å². The summed E-state index contributed by atoms with van der Waals surface area (Å²) in [6.07, 6.45) is 86.3. The second-order valence-corrected chi connectivity index (χ2v) is 22.0. The number of rotatable bonds is 57. The van der Waals surface area contributed by atoms with Crippen LogP contribution >= 0.6 is 0 Å². The molecule has 0 aromatic rings. The average Bonchev–Trinajstić information content (AvgIpc) is 3.44. The largest absolute Gasteiger partial charge is 0.545 e. The lowest BCUT2D eigenvalue weighted by Crippen LogP contribution is -2.44. The molecule has 2 unspecified atom stereocenters. The molecule has 2 atom stereocenters. The SMILES string of the molecule is CC/C=C\C/C=C\C/C=C\C/C=C\C/C=C\C/C=C\C/C=C\C/C=C\C/C=C\C/C=C\C/C=C\C/C=C\CCCCC(=O)OC(COC(=O)CCCCCCCCCCCCCCCCCCC)COC(OCC[N+](C)(C)C)C(=O)[O-]. The van der Waals surface area contributed by atoms with Crippen LogP contribution in [-0.2, 0) is 33.3 Å². The van der Waals surface area contributed by atoms with Gasteiger partial charge in [0.25, 0.3) is 0 Å². The number of likely N-dealkylation sites (N-methyl/N-ethyl adjacent to an activating group) is 1. The summed E-state index contributed by atoms with van der Waals surface area (Å²) < 4.78 is 22.7. The normalized spacial score (nSPS) is 13.7. The van der Waals surface area contributed by atoms with Crippen molar-refractivity contribution in [2.75, 3.05) is 47.5 Å². The number of allylic oxidation sites excluding steroid dienone is 24. The number of carboxylic acids is 1. The Bertz CT molecular complexity index is 1840. The van der Waals surface area contributed by atoms with Crippen molar-refractivity contribution in [3.63, 3.8) is 0 Å². The molecular formula is C72H117NO8. The molecule has 0 amide bonds. The maximum absolute atomic E-state index is 12.9. The molecular weight excluding hydrogens is 1010 g/mol. The van der Waals surface area contributed by atoms with Crippen molar-refractivity contribution in [2.45, 2.75) is 245 Å². The van der Waals surface area contributed by atoms with Crippen molar-refractivity contribution in [2.24, 2.45) is 0 Å². The van der Waals surface area contributed by atoms with E-state index in [4.69, 9.17) is 18.9 Å². The number of aliphatic carboxylic acids is 1. The van der Waals surface area contributed by atoms with Gasteiger partial charge >= 0.3 is 11.9 Å². The number of ether oxygens (including phenoxy) is 4. The summed E-state index contributed by atoms with van der Waals surface area (Å²) in [5.41, 5.74) is 0. The highest BCUT2D eigenvalue weighted by Crippen LogP contribution is 2.15. The summed E-state index contributed by atoms with van der Waals surface area (Å²) in [4.78, 5) is 37.3. The first-order valence-corrected chi connectivity index (χ1v) is 32.0. The van der Waals surface area contributed by atoms with E-state index in [0.717, 1.165) is 109 Å². The van der Waals surface area contributed by atoms with E-state index in [-0.39, 0.29) is 38.6 Å². The summed E-state index contributed by atoms with van der Waals surface area (Å²) in [6, 6.07) is 0. The van der Waals surface area contributed by atoms with Gasteiger partial charge in [0.05, 0.1) is 40.3 Å². The van der Waals surface area contributed by atoms with Crippen LogP contribution in [0, 0.1) is 0 Å². The fourth-order valence-corrected chi connectivity index (χ4v) is 8.22. The van der Waals surface area contributed by atoms with Crippen molar-refractivity contribution >= 4 is 17.9 Å². The Morgan fingerprint density at radius 1 is 0.383 bits per heavy atom. The topological polar surface area (TPSA) is 111 Å². The van der Waals surface area contributed by atoms with Gasteiger partial charge in [0.1, 0.15) is 13.2 Å². The summed E-state index contributed by atoms with van der Waals surface area (Å²) in [7, 11) is 5.90. The first kappa shape index (κ1) is 76.2. The summed E-state index contributed by atoms with van der Waals surface area (Å²) >= 11 is 0. The standard InChI is InChI=1S/C72H117NO8/c1-6-8-10-12-14-16-18-20-22-24-25-26-27-28-29-30-31-32-33-34-35-36-37-38-39-40-41-42-43-44-45-47-49-51-53-55-57-59-61-63-70(75)81-68(67-80-72(71(76)77)78-65-64-73(3,4)5)66-79-69(74)62-60-58-56-54-52-50-48-46-23-21-19-17-15-13-11-9-7-2/h8,10,14,16,20,22,25-26,28-29,31-32,34-35,37-38,40-41,43-44,47,49,53,55,68,72H,6-7,9,11-13,15,17-19,21,23-24,27,30,33,36,39,42,45-46,48,50-52,54,56-67H2,1-5H3/b10-8-,16-14-,22-20-,26-25-,29-28-,32-31-,35-34-,38-37-,41-40-,44-43-,49-47-,55-53-. The number of nitrogens with zero attached hydrogens (tertiary/aromatic N) is 1. The van der Waals surface area contributed by atoms with E-state index >= 15 is 0 Å². The molecule has 0 aromatic heterocycles. The number of carboxylic acid groups (broad SMARTS) is 1. The smallest absolute Gasteiger partial charge is 0.306 e. The van der Waals surface area contributed by atoms with Crippen molar-refractivity contribution in [1.82, 2.24) is 0 Å². The van der Waals surface area contributed by atoms with E-state index in [1.807, 2.05) is 21.1 Å². The lowest BCUT2D eigenvalue weighted by Gasteiger charge is -2.26. The number of carbonyl (C=O) groups is 3. The second kappa shape index (κ2) is 61.2. The third kappa shape index (κ3) is 62.6. The van der Waals surface area contributed by atoms with Gasteiger partial charge in [-0.2, -0.15) is 0 Å². The molecule has 0 radical (unpaired) electrons. The van der Waals surface area contributed by atoms with Gasteiger partial charge in [-0.1, -0.05) is 262 Å². The van der Waals surface area contributed by atoms with E-state index in [0.29, 0.717) is 17.4 Å². The molecule has 0 saturated carbocycles. The van der Waals surface area contributed by atoms with Gasteiger partial charge in [0.2, 0.25) is 0 Å². The van der Waals surface area contributed by atoms with Crippen molar-refractivity contribution < 1.29 is 42.9 Å². The Labute approximate surface area is 496 Å². The maximum Gasteiger partial charge on any atom is 0.306 e. The van der Waals surface area contributed by atoms with Gasteiger partial charge in [-0.05, 0) is 103 Å². The first-order valence-electron chi connectivity index (χ1n) is 32.0. The van der Waals surface area contributed by atoms with E-state index in [1.54, 1.807) is 0 Å². The average molecular weight is 1120 g/mol. The monoisotopic (exact) mass is 1120 g/mol. The Kier molecular flexibility index (Phi) is 57.6. The quantitative estimate of drug-likeness (QED) is 0.0195. The van der Waals surface area contributed by atoms with Crippen LogP contribution in [0.3, 0.4) is 0 Å². The van der Waals surface area contributed by atoms with Gasteiger partial charge in [0, 0.05) is 12.8 Å². The van der Waals surface area contributed by atoms with Crippen LogP contribution in [0.5, 0.6) is 0 Å². The zero-order chi connectivity index (χ0) is 59.1. The molecule has 0 rings (SSSR count). The van der Waals surface area contributed by atoms with Gasteiger partial charge in [-0.15, -0.1) is 0 Å². The fraction of sp³-hybridized carbons (Fsp3) is 0.625. The minimum Gasteiger partial charge on any atom is -0.545 e. The molecule has 0 aliphatic rings. The van der Waals surface area contributed by atoms with E-state index < -0.39 is 24.3 Å². The predicted octanol–water partition coefficient (Wildman–Crippen LogP) is 18.2. The van der Waals surface area contributed by atoms with Crippen LogP contribution in [0.1, 0.15) is 232 Å². The highest BCUT2D eigenvalue weighted by atomic mass is 16.7. The van der Waals surface area contributed by atoms with E-state index in [9.17, 15) is 19.5 Å². The van der Waals surface area contributed by atoms with Gasteiger partial charge in [-0.25, -0.2) is 0 Å². The number of quaternary nitrogens is 1.